The summed E-state index contributed by atoms with van der Waals surface area (Å²) in [6.45, 7) is 1.99. The molecule has 0 spiro atoms. The number of nitrogens with zero attached hydrogens (tertiary/aromatic N) is 2. The molecule has 0 aliphatic carbocycles. The molecule has 5 nitrogen and oxygen atoms in total. The Labute approximate surface area is 121 Å². The molecule has 0 radical (unpaired) electrons. The molecule has 1 atom stereocenters. The van der Waals surface area contributed by atoms with Crippen molar-refractivity contribution >= 4 is 11.6 Å². The molecule has 0 saturated heterocycles. The average molecular weight is 281 g/mol. The van der Waals surface area contributed by atoms with Crippen molar-refractivity contribution in [1.29, 1.82) is 0 Å². The Morgan fingerprint density at radius 3 is 2.38 bits per heavy atom. The molecule has 21 heavy (non-hydrogen) atoms. The van der Waals surface area contributed by atoms with Gasteiger partial charge in [0, 0.05) is 42.6 Å². The highest BCUT2D eigenvalue weighted by atomic mass is 16.2. The Morgan fingerprint density at radius 1 is 1.10 bits per heavy atom. The number of hydrogen-bond acceptors (Lipinski definition) is 3. The quantitative estimate of drug-likeness (QED) is 0.910. The molecule has 0 unspecified atom stereocenters. The first-order valence-corrected chi connectivity index (χ1v) is 6.79. The van der Waals surface area contributed by atoms with Crippen molar-refractivity contribution in [2.45, 2.75) is 13.3 Å². The fraction of sp³-hybridized carbons (Fsp3) is 0.188. The van der Waals surface area contributed by atoms with Crippen LogP contribution in [0.4, 0.5) is 0 Å². The van der Waals surface area contributed by atoms with Gasteiger partial charge in [0.05, 0.1) is 5.71 Å². The van der Waals surface area contributed by atoms with Crippen LogP contribution in [0.2, 0.25) is 0 Å². The summed E-state index contributed by atoms with van der Waals surface area (Å²) in [4.78, 5) is 22.4. The zero-order chi connectivity index (χ0) is 14.8. The summed E-state index contributed by atoms with van der Waals surface area (Å²) in [5.41, 5.74) is 5.36. The zero-order valence-corrected chi connectivity index (χ0v) is 11.6. The molecule has 1 aliphatic heterocycles. The Balaban J connectivity index is 1.89. The third-order valence-electron chi connectivity index (χ3n) is 3.52. The third kappa shape index (κ3) is 2.76. The van der Waals surface area contributed by atoms with E-state index in [1.54, 1.807) is 12.4 Å². The van der Waals surface area contributed by atoms with Crippen molar-refractivity contribution in [1.82, 2.24) is 9.99 Å². The summed E-state index contributed by atoms with van der Waals surface area (Å²) < 4.78 is 1.87. The highest BCUT2D eigenvalue weighted by Gasteiger charge is 2.21. The number of nitrogens with one attached hydrogen (secondary N) is 1. The van der Waals surface area contributed by atoms with Gasteiger partial charge in [0.2, 0.25) is 5.91 Å². The Morgan fingerprint density at radius 2 is 1.76 bits per heavy atom. The number of benzene rings is 1. The van der Waals surface area contributed by atoms with Gasteiger partial charge in [0.15, 0.2) is 5.43 Å². The van der Waals surface area contributed by atoms with E-state index in [-0.39, 0.29) is 17.3 Å². The van der Waals surface area contributed by atoms with E-state index in [4.69, 9.17) is 0 Å². The number of hydrazone groups is 1. The maximum atomic E-state index is 11.3. The maximum absolute atomic E-state index is 11.3. The summed E-state index contributed by atoms with van der Waals surface area (Å²) in [6, 6.07) is 10.9. The van der Waals surface area contributed by atoms with E-state index >= 15 is 0 Å². The number of rotatable bonds is 2. The van der Waals surface area contributed by atoms with Crippen LogP contribution in [0.3, 0.4) is 0 Å². The van der Waals surface area contributed by atoms with Gasteiger partial charge in [-0.15, -0.1) is 0 Å². The number of aromatic nitrogens is 1. The molecule has 0 bridgehead atoms. The second kappa shape index (κ2) is 5.36. The average Bonchev–Trinajstić information content (AvgIpc) is 2.48. The lowest BCUT2D eigenvalue weighted by atomic mass is 9.94. The topological polar surface area (TPSA) is 63.5 Å². The van der Waals surface area contributed by atoms with Gasteiger partial charge < -0.3 is 4.57 Å². The van der Waals surface area contributed by atoms with Crippen LogP contribution in [0, 0.1) is 5.92 Å². The Hall–Kier alpha value is -2.69. The lowest BCUT2D eigenvalue weighted by Crippen LogP contribution is -2.31. The second-order valence-electron chi connectivity index (χ2n) is 5.13. The molecule has 0 fully saturated rings. The van der Waals surface area contributed by atoms with Crippen LogP contribution in [0.15, 0.2) is 58.7 Å². The fourth-order valence-corrected chi connectivity index (χ4v) is 2.39. The molecule has 1 aliphatic rings. The minimum absolute atomic E-state index is 0.0102. The van der Waals surface area contributed by atoms with Crippen molar-refractivity contribution in [3.05, 3.63) is 64.6 Å². The van der Waals surface area contributed by atoms with Gasteiger partial charge in [0.1, 0.15) is 0 Å². The number of pyridine rings is 1. The maximum Gasteiger partial charge on any atom is 0.240 e. The van der Waals surface area contributed by atoms with E-state index in [1.807, 2.05) is 35.8 Å². The summed E-state index contributed by atoms with van der Waals surface area (Å²) in [5, 5.41) is 4.14. The lowest BCUT2D eigenvalue weighted by Gasteiger charge is -2.19. The Bertz CT molecular complexity index is 739. The minimum atomic E-state index is -0.0453. The lowest BCUT2D eigenvalue weighted by molar-refractivity contribution is -0.121. The van der Waals surface area contributed by atoms with Crippen molar-refractivity contribution in [3.63, 3.8) is 0 Å². The van der Waals surface area contributed by atoms with E-state index in [0.717, 1.165) is 17.0 Å². The largest absolute Gasteiger partial charge is 0.324 e. The van der Waals surface area contributed by atoms with Crippen LogP contribution in [0.5, 0.6) is 0 Å². The molecule has 0 saturated carbocycles. The van der Waals surface area contributed by atoms with Crippen molar-refractivity contribution < 1.29 is 4.79 Å². The van der Waals surface area contributed by atoms with E-state index in [2.05, 4.69) is 10.5 Å². The Kier molecular flexibility index (Phi) is 3.39. The smallest absolute Gasteiger partial charge is 0.240 e. The van der Waals surface area contributed by atoms with Crippen LogP contribution in [-0.4, -0.2) is 16.2 Å². The first kappa shape index (κ1) is 13.3. The van der Waals surface area contributed by atoms with Gasteiger partial charge in [-0.2, -0.15) is 5.10 Å². The van der Waals surface area contributed by atoms with Gasteiger partial charge in [-0.05, 0) is 17.7 Å². The van der Waals surface area contributed by atoms with E-state index in [1.165, 1.54) is 12.1 Å². The van der Waals surface area contributed by atoms with Gasteiger partial charge in [-0.1, -0.05) is 19.1 Å². The molecule has 1 N–H and O–H groups in total. The zero-order valence-electron chi connectivity index (χ0n) is 11.6. The minimum Gasteiger partial charge on any atom is -0.324 e. The van der Waals surface area contributed by atoms with Gasteiger partial charge in [0.25, 0.3) is 0 Å². The van der Waals surface area contributed by atoms with E-state index in [9.17, 15) is 9.59 Å². The predicted octanol–water partition coefficient (Wildman–Crippen LogP) is 1.70. The van der Waals surface area contributed by atoms with Gasteiger partial charge in [-0.25, -0.2) is 5.43 Å². The number of hydrogen-bond donors (Lipinski definition) is 1. The predicted molar refractivity (Wildman–Crippen MR) is 80.5 cm³/mol. The summed E-state index contributed by atoms with van der Waals surface area (Å²) >= 11 is 0. The third-order valence-corrected chi connectivity index (χ3v) is 3.52. The second-order valence-corrected chi connectivity index (χ2v) is 5.13. The van der Waals surface area contributed by atoms with Crippen molar-refractivity contribution in [2.75, 3.05) is 0 Å². The van der Waals surface area contributed by atoms with Crippen molar-refractivity contribution in [2.24, 2.45) is 11.0 Å². The molecule has 1 aromatic carbocycles. The molecule has 1 aromatic heterocycles. The van der Waals surface area contributed by atoms with Crippen LogP contribution in [-0.2, 0) is 4.79 Å². The highest BCUT2D eigenvalue weighted by molar-refractivity contribution is 6.05. The number of amides is 1. The standard InChI is InChI=1S/C16H15N3O2/c1-11-10-15(21)17-18-16(11)12-2-4-13(5-3-12)19-8-6-14(20)7-9-19/h2-9,11H,10H2,1H3,(H,17,21)/t11-/m1/s1. The molecule has 1 amide bonds. The van der Waals surface area contributed by atoms with Gasteiger partial charge >= 0.3 is 0 Å². The molecule has 2 aromatic rings. The van der Waals surface area contributed by atoms with Crippen LogP contribution in [0.1, 0.15) is 18.9 Å². The van der Waals surface area contributed by atoms with Crippen LogP contribution >= 0.6 is 0 Å². The van der Waals surface area contributed by atoms with E-state index < -0.39 is 0 Å². The SMILES string of the molecule is C[C@@H]1CC(=O)NN=C1c1ccc(-n2ccc(=O)cc2)cc1. The number of carbonyl (C=O) groups is 1. The van der Waals surface area contributed by atoms with Crippen LogP contribution < -0.4 is 10.9 Å². The summed E-state index contributed by atoms with van der Waals surface area (Å²) in [7, 11) is 0. The summed E-state index contributed by atoms with van der Waals surface area (Å²) in [5.74, 6) is 0.0631. The molecule has 106 valence electrons. The monoisotopic (exact) mass is 281 g/mol. The molecular formula is C16H15N3O2. The molecule has 5 heteroatoms. The van der Waals surface area contributed by atoms with E-state index in [0.29, 0.717) is 6.42 Å². The molecule has 2 heterocycles. The number of carbonyl (C=O) groups excluding carboxylic acids is 1. The van der Waals surface area contributed by atoms with Crippen molar-refractivity contribution in [3.8, 4) is 5.69 Å². The molecule has 3 rings (SSSR count). The first-order chi connectivity index (χ1) is 10.1. The summed E-state index contributed by atoms with van der Waals surface area (Å²) in [6.07, 6.45) is 3.93. The van der Waals surface area contributed by atoms with Crippen LogP contribution in [0.25, 0.3) is 5.69 Å². The fourth-order valence-electron chi connectivity index (χ4n) is 2.39. The molecular weight excluding hydrogens is 266 g/mol. The van der Waals surface area contributed by atoms with Gasteiger partial charge in [-0.3, -0.25) is 9.59 Å². The highest BCUT2D eigenvalue weighted by Crippen LogP contribution is 2.18. The first-order valence-electron chi connectivity index (χ1n) is 6.79. The normalized spacial score (nSPS) is 18.0.